The van der Waals surface area contributed by atoms with Crippen molar-refractivity contribution in [2.75, 3.05) is 85.6 Å². The van der Waals surface area contributed by atoms with Crippen LogP contribution in [0.15, 0.2) is 0 Å². The summed E-state index contributed by atoms with van der Waals surface area (Å²) in [6.07, 6.45) is 20.4. The summed E-state index contributed by atoms with van der Waals surface area (Å²) in [5, 5.41) is 21.4. The summed E-state index contributed by atoms with van der Waals surface area (Å²) in [6.45, 7) is 51.3. The zero-order chi connectivity index (χ0) is 67.2. The van der Waals surface area contributed by atoms with Crippen LogP contribution >= 0.6 is 15.9 Å². The fraction of sp³-hybridized carbons (Fsp3) is 0.938. The van der Waals surface area contributed by atoms with Gasteiger partial charge in [0.15, 0.2) is 16.6 Å². The highest BCUT2D eigenvalue weighted by Crippen LogP contribution is 2.37. The van der Waals surface area contributed by atoms with Crippen LogP contribution in [0.4, 0.5) is 19.2 Å². The van der Waals surface area contributed by atoms with E-state index < -0.39 is 39.0 Å². The predicted octanol–water partition coefficient (Wildman–Crippen LogP) is 17.2. The Morgan fingerprint density at radius 1 is 0.412 bits per heavy atom. The van der Waals surface area contributed by atoms with Crippen LogP contribution in [-0.4, -0.2) is 174 Å². The minimum Gasteiger partial charge on any atom is -0.444 e. The van der Waals surface area contributed by atoms with Gasteiger partial charge in [0.05, 0.1) is 0 Å². The third kappa shape index (κ3) is 64.6. The number of unbranched alkanes of at least 4 members (excludes halogenated alkanes) is 15. The van der Waals surface area contributed by atoms with Gasteiger partial charge in [-0.15, -0.1) is 0 Å². The number of alkyl carbamates (subject to hydrolysis) is 1. The normalized spacial score (nSPS) is 12.1. The van der Waals surface area contributed by atoms with Gasteiger partial charge in [0.25, 0.3) is 0 Å². The molecule has 0 aliphatic heterocycles. The molecule has 512 valence electrons. The topological polar surface area (TPSA) is 212 Å². The maximum atomic E-state index is 11.8. The van der Waals surface area contributed by atoms with Crippen LogP contribution in [0.5, 0.6) is 0 Å². The predicted molar refractivity (Wildman–Crippen MR) is 366 cm³/mol. The third-order valence-electron chi connectivity index (χ3n) is 13.7. The van der Waals surface area contributed by atoms with E-state index in [-0.39, 0.29) is 41.1 Å². The van der Waals surface area contributed by atoms with Gasteiger partial charge in [0.1, 0.15) is 22.4 Å². The molecule has 0 heterocycles. The first kappa shape index (κ1) is 91.5. The van der Waals surface area contributed by atoms with Gasteiger partial charge in [-0.25, -0.2) is 19.2 Å². The van der Waals surface area contributed by atoms with Gasteiger partial charge in [0, 0.05) is 79.1 Å². The molecule has 85 heavy (non-hydrogen) atoms. The summed E-state index contributed by atoms with van der Waals surface area (Å²) in [4.78, 5) is 51.3. The second-order valence-corrected chi connectivity index (χ2v) is 39.8. The maximum absolute atomic E-state index is 11.8. The highest BCUT2D eigenvalue weighted by atomic mass is 79.9. The van der Waals surface area contributed by atoms with E-state index in [1.54, 1.807) is 35.8 Å². The smallest absolute Gasteiger partial charge is 0.410 e. The summed E-state index contributed by atoms with van der Waals surface area (Å²) >= 11 is 3.40. The van der Waals surface area contributed by atoms with Gasteiger partial charge in [-0.1, -0.05) is 122 Å². The van der Waals surface area contributed by atoms with Gasteiger partial charge in [0.2, 0.25) is 0 Å². The van der Waals surface area contributed by atoms with Crippen molar-refractivity contribution in [3.63, 3.8) is 0 Å². The molecular formula is C65H140BrN5O12Si2. The Hall–Kier alpha value is -2.21. The monoisotopic (exact) mass is 1320 g/mol. The molecule has 0 bridgehead atoms. The Morgan fingerprint density at radius 2 is 0.682 bits per heavy atom. The number of alkyl halides is 1. The van der Waals surface area contributed by atoms with Crippen LogP contribution in [0.25, 0.3) is 0 Å². The number of amides is 4. The van der Waals surface area contributed by atoms with E-state index in [1.807, 2.05) is 83.1 Å². The number of rotatable bonds is 33. The Bertz CT molecular complexity index is 1590. The molecule has 0 unspecified atom stereocenters. The number of halogens is 1. The average Bonchev–Trinajstić information content (AvgIpc) is 3.46. The van der Waals surface area contributed by atoms with Crippen molar-refractivity contribution in [3.8, 4) is 0 Å². The number of hydrogen-bond acceptors (Lipinski definition) is 13. The van der Waals surface area contributed by atoms with E-state index >= 15 is 0 Å². The molecule has 0 atom stereocenters. The van der Waals surface area contributed by atoms with E-state index in [9.17, 15) is 19.2 Å². The van der Waals surface area contributed by atoms with Crippen molar-refractivity contribution < 1.29 is 57.2 Å². The van der Waals surface area contributed by atoms with E-state index in [4.69, 9.17) is 43.7 Å². The zero-order valence-electron chi connectivity index (χ0n) is 60.0. The molecule has 17 nitrogen and oxygen atoms in total. The van der Waals surface area contributed by atoms with Crippen molar-refractivity contribution >= 4 is 56.9 Å². The zero-order valence-corrected chi connectivity index (χ0v) is 63.6. The van der Waals surface area contributed by atoms with E-state index in [0.717, 1.165) is 147 Å². The average molecular weight is 1320 g/mol. The number of carbonyl (C=O) groups excluding carboxylic acids is 4. The number of hydrogen-bond donors (Lipinski definition) is 4. The first-order valence-corrected chi connectivity index (χ1v) is 39.2. The van der Waals surface area contributed by atoms with Crippen LogP contribution in [0.3, 0.4) is 0 Å². The summed E-state index contributed by atoms with van der Waals surface area (Å²) < 4.78 is 33.3. The second-order valence-electron chi connectivity index (χ2n) is 29.3. The van der Waals surface area contributed by atoms with Gasteiger partial charge in [-0.3, -0.25) is 0 Å². The molecule has 0 saturated carbocycles. The fourth-order valence-electron chi connectivity index (χ4n) is 6.49. The Morgan fingerprint density at radius 3 is 0.953 bits per heavy atom. The van der Waals surface area contributed by atoms with Gasteiger partial charge in [-0.2, -0.15) is 0 Å². The van der Waals surface area contributed by atoms with Crippen LogP contribution in [0, 0.1) is 0 Å². The molecule has 4 amide bonds. The van der Waals surface area contributed by atoms with Gasteiger partial charge < -0.3 is 63.8 Å². The lowest BCUT2D eigenvalue weighted by atomic mass is 10.2. The molecule has 5 N–H and O–H groups in total. The molecule has 0 rings (SSSR count). The van der Waals surface area contributed by atoms with Crippen molar-refractivity contribution in [2.45, 2.75) is 312 Å². The lowest BCUT2D eigenvalue weighted by Crippen LogP contribution is -2.40. The number of carbonyl (C=O) groups is 4. The largest absolute Gasteiger partial charge is 0.444 e. The molecule has 0 spiro atoms. The van der Waals surface area contributed by atoms with E-state index in [1.165, 1.54) is 19.3 Å². The molecule has 0 aromatic rings. The Balaban J connectivity index is -0.000000324. The molecule has 0 aromatic heterocycles. The van der Waals surface area contributed by atoms with E-state index in [2.05, 4.69) is 89.0 Å². The Kier molecular flexibility index (Phi) is 53.4. The molecular weight excluding hydrogens is 1180 g/mol. The number of ether oxygens (including phenoxy) is 4. The Labute approximate surface area is 534 Å². The summed E-state index contributed by atoms with van der Waals surface area (Å²) in [5.41, 5.74) is 3.57. The molecule has 0 aromatic carbocycles. The number of nitrogens with two attached hydrogens (primary N) is 1. The number of aliphatic hydroxyl groups excluding tert-OH is 2. The van der Waals surface area contributed by atoms with Gasteiger partial charge in [-0.05, 0) is 190 Å². The molecule has 20 heteroatoms. The highest BCUT2D eigenvalue weighted by Gasteiger charge is 2.37. The van der Waals surface area contributed by atoms with Crippen LogP contribution in [0.1, 0.15) is 253 Å². The standard InChI is InChI=1S/C18H39NO3Si.C17H37NO3Si.C12H24BrNO2.C12H25NO3.C6H15NO/c1-17(2,3)22-16(20)19(7)14-12-10-11-13-15-21-23(8,9)18(4,5)6;1-16(2,3)21-15(19)18-13-11-9-10-12-14-20-22(7,8)17(4,5)6;1-12(2,3)16-11(15)14(4)10-8-6-5-7-9-13;1-12(2,3)16-11(15)13(4)9-7-5-6-8-10-14;7-5-3-1-2-4-6-8/h10-15H2,1-9H3;9-14H2,1-8H3,(H,18,19);5-10H2,1-4H3;14H,5-10H2,1-4H3;8H,1-7H2. The molecule has 0 radical (unpaired) electrons. The van der Waals surface area contributed by atoms with Crippen molar-refractivity contribution in [1.29, 1.82) is 0 Å². The summed E-state index contributed by atoms with van der Waals surface area (Å²) in [5.74, 6) is 0. The summed E-state index contributed by atoms with van der Waals surface area (Å²) in [7, 11) is 2.15. The highest BCUT2D eigenvalue weighted by molar-refractivity contribution is 9.09. The lowest BCUT2D eigenvalue weighted by molar-refractivity contribution is 0.0285. The maximum Gasteiger partial charge on any atom is 0.410 e. The van der Waals surface area contributed by atoms with Crippen LogP contribution in [-0.2, 0) is 27.8 Å². The second kappa shape index (κ2) is 49.6. The summed E-state index contributed by atoms with van der Waals surface area (Å²) in [6, 6.07) is 0. The van der Waals surface area contributed by atoms with Crippen molar-refractivity contribution in [3.05, 3.63) is 0 Å². The first-order chi connectivity index (χ1) is 38.8. The minimum atomic E-state index is -1.60. The van der Waals surface area contributed by atoms with Crippen LogP contribution < -0.4 is 11.1 Å². The lowest BCUT2D eigenvalue weighted by Gasteiger charge is -2.36. The molecule has 0 fully saturated rings. The molecule has 0 saturated heterocycles. The SMILES string of the molecule is CC(C)(C)OC(=O)NCCCCCCO[Si](C)(C)C(C)(C)C.CN(CCCCCCBr)C(=O)OC(C)(C)C.CN(CCCCCCO)C(=O)OC(C)(C)C.CN(CCCCCCO[Si](C)(C)C(C)(C)C)C(=O)OC(C)(C)C.NCCCCCCO. The van der Waals surface area contributed by atoms with Crippen molar-refractivity contribution in [2.24, 2.45) is 5.73 Å². The number of nitrogens with zero attached hydrogens (tertiary/aromatic N) is 3. The number of nitrogens with one attached hydrogen (secondary N) is 1. The minimum absolute atomic E-state index is 0.229. The molecule has 0 aliphatic carbocycles. The van der Waals surface area contributed by atoms with Crippen LogP contribution in [0.2, 0.25) is 36.3 Å². The first-order valence-electron chi connectivity index (χ1n) is 32.3. The third-order valence-corrected chi connectivity index (χ3v) is 23.3. The quantitative estimate of drug-likeness (QED) is 0.0209. The number of aliphatic hydroxyl groups is 2. The van der Waals surface area contributed by atoms with Gasteiger partial charge >= 0.3 is 24.4 Å². The van der Waals surface area contributed by atoms with Crippen molar-refractivity contribution in [1.82, 2.24) is 20.0 Å². The molecule has 0 aliphatic rings. The van der Waals surface area contributed by atoms with E-state index in [0.29, 0.717) is 19.7 Å². The fourth-order valence-corrected chi connectivity index (χ4v) is 9.06.